The molecule has 2 aromatic carbocycles. The molecule has 0 saturated carbocycles. The van der Waals surface area contributed by atoms with E-state index in [1.54, 1.807) is 24.3 Å². The summed E-state index contributed by atoms with van der Waals surface area (Å²) in [6.07, 6.45) is 0. The van der Waals surface area contributed by atoms with E-state index in [0.29, 0.717) is 17.3 Å². The fraction of sp³-hybridized carbons (Fsp3) is 0.133. The number of rotatable bonds is 5. The van der Waals surface area contributed by atoms with Gasteiger partial charge >= 0.3 is 0 Å². The van der Waals surface area contributed by atoms with Gasteiger partial charge < -0.3 is 10.4 Å². The maximum Gasteiger partial charge on any atom is 0.230 e. The van der Waals surface area contributed by atoms with Gasteiger partial charge in [0, 0.05) is 16.5 Å². The average Bonchev–Trinajstić information content (AvgIpc) is 2.44. The molecule has 2 rings (SSSR count). The number of hydrogen-bond acceptors (Lipinski definition) is 3. The minimum absolute atomic E-state index is 0.0711. The van der Waals surface area contributed by atoms with E-state index in [2.05, 4.69) is 5.32 Å². The second-order valence-corrected chi connectivity index (χ2v) is 5.61. The van der Waals surface area contributed by atoms with Crippen molar-refractivity contribution in [1.29, 1.82) is 0 Å². The standard InChI is InChI=1S/C15H14ClNO2S/c16-14-7-2-1-4-11(14)9-17-15(19)10-20-13-6-3-5-12(18)8-13/h1-8,18H,9-10H2,(H,17,19). The van der Waals surface area contributed by atoms with Gasteiger partial charge in [-0.15, -0.1) is 11.8 Å². The van der Waals surface area contributed by atoms with Crippen LogP contribution in [0.3, 0.4) is 0 Å². The first kappa shape index (κ1) is 14.8. The second-order valence-electron chi connectivity index (χ2n) is 4.15. The molecule has 0 aromatic heterocycles. The van der Waals surface area contributed by atoms with E-state index in [-0.39, 0.29) is 11.7 Å². The van der Waals surface area contributed by atoms with E-state index in [9.17, 15) is 9.90 Å². The van der Waals surface area contributed by atoms with Crippen LogP contribution in [0.5, 0.6) is 5.75 Å². The average molecular weight is 308 g/mol. The number of phenols is 1. The first-order chi connectivity index (χ1) is 9.65. The van der Waals surface area contributed by atoms with Crippen molar-refractivity contribution in [3.63, 3.8) is 0 Å². The first-order valence-electron chi connectivity index (χ1n) is 6.07. The zero-order chi connectivity index (χ0) is 14.4. The van der Waals surface area contributed by atoms with E-state index in [1.165, 1.54) is 11.8 Å². The van der Waals surface area contributed by atoms with Crippen molar-refractivity contribution in [2.24, 2.45) is 0 Å². The van der Waals surface area contributed by atoms with Gasteiger partial charge in [0.2, 0.25) is 5.91 Å². The third-order valence-corrected chi connectivity index (χ3v) is 3.98. The van der Waals surface area contributed by atoms with Crippen molar-refractivity contribution in [1.82, 2.24) is 5.32 Å². The highest BCUT2D eigenvalue weighted by Gasteiger charge is 2.05. The summed E-state index contributed by atoms with van der Waals surface area (Å²) in [5.74, 6) is 0.429. The minimum Gasteiger partial charge on any atom is -0.508 e. The van der Waals surface area contributed by atoms with Crippen LogP contribution < -0.4 is 5.32 Å². The Labute approximate surface area is 127 Å². The molecule has 104 valence electrons. The van der Waals surface area contributed by atoms with Crippen molar-refractivity contribution in [3.05, 3.63) is 59.1 Å². The van der Waals surface area contributed by atoms with E-state index in [0.717, 1.165) is 10.5 Å². The molecule has 2 N–H and O–H groups in total. The molecule has 0 aliphatic heterocycles. The van der Waals surface area contributed by atoms with Crippen molar-refractivity contribution >= 4 is 29.3 Å². The highest BCUT2D eigenvalue weighted by atomic mass is 35.5. The van der Waals surface area contributed by atoms with E-state index < -0.39 is 0 Å². The Morgan fingerprint density at radius 2 is 2.00 bits per heavy atom. The van der Waals surface area contributed by atoms with Crippen LogP contribution in [0, 0.1) is 0 Å². The minimum atomic E-state index is -0.0711. The van der Waals surface area contributed by atoms with Crippen LogP contribution in [0.15, 0.2) is 53.4 Å². The number of halogens is 1. The number of amides is 1. The highest BCUT2D eigenvalue weighted by Crippen LogP contribution is 2.21. The molecule has 1 amide bonds. The largest absolute Gasteiger partial charge is 0.508 e. The summed E-state index contributed by atoms with van der Waals surface area (Å²) in [6, 6.07) is 14.2. The predicted octanol–water partition coefficient (Wildman–Crippen LogP) is 3.45. The van der Waals surface area contributed by atoms with E-state index in [4.69, 9.17) is 11.6 Å². The van der Waals surface area contributed by atoms with Crippen LogP contribution in [-0.2, 0) is 11.3 Å². The summed E-state index contributed by atoms with van der Waals surface area (Å²) in [4.78, 5) is 12.6. The first-order valence-corrected chi connectivity index (χ1v) is 7.43. The van der Waals surface area contributed by atoms with Gasteiger partial charge in [-0.1, -0.05) is 35.9 Å². The zero-order valence-electron chi connectivity index (χ0n) is 10.7. The molecular formula is C15H14ClNO2S. The molecule has 0 bridgehead atoms. The Morgan fingerprint density at radius 1 is 1.20 bits per heavy atom. The van der Waals surface area contributed by atoms with Gasteiger partial charge in [0.05, 0.1) is 5.75 Å². The van der Waals surface area contributed by atoms with Crippen LogP contribution in [0.4, 0.5) is 0 Å². The molecule has 20 heavy (non-hydrogen) atoms. The van der Waals surface area contributed by atoms with Gasteiger partial charge in [-0.05, 0) is 29.8 Å². The van der Waals surface area contributed by atoms with Crippen LogP contribution in [0.1, 0.15) is 5.56 Å². The lowest BCUT2D eigenvalue weighted by Crippen LogP contribution is -2.24. The fourth-order valence-corrected chi connectivity index (χ4v) is 2.59. The molecule has 0 fully saturated rings. The van der Waals surface area contributed by atoms with E-state index >= 15 is 0 Å². The Morgan fingerprint density at radius 3 is 2.75 bits per heavy atom. The molecule has 2 aromatic rings. The van der Waals surface area contributed by atoms with Crippen molar-refractivity contribution < 1.29 is 9.90 Å². The third-order valence-electron chi connectivity index (χ3n) is 2.62. The van der Waals surface area contributed by atoms with Crippen molar-refractivity contribution in [2.45, 2.75) is 11.4 Å². The SMILES string of the molecule is O=C(CSc1cccc(O)c1)NCc1ccccc1Cl. The summed E-state index contributed by atoms with van der Waals surface area (Å²) in [7, 11) is 0. The highest BCUT2D eigenvalue weighted by molar-refractivity contribution is 8.00. The molecule has 0 saturated heterocycles. The van der Waals surface area contributed by atoms with Gasteiger partial charge in [0.15, 0.2) is 0 Å². The number of thioether (sulfide) groups is 1. The van der Waals surface area contributed by atoms with Crippen LogP contribution in [0.2, 0.25) is 5.02 Å². The molecule has 0 aliphatic carbocycles. The van der Waals surface area contributed by atoms with Crippen molar-refractivity contribution in [3.8, 4) is 5.75 Å². The van der Waals surface area contributed by atoms with Gasteiger partial charge in [-0.25, -0.2) is 0 Å². The van der Waals surface area contributed by atoms with Gasteiger partial charge in [-0.2, -0.15) is 0 Å². The molecule has 5 heteroatoms. The molecular weight excluding hydrogens is 294 g/mol. The molecule has 0 heterocycles. The monoisotopic (exact) mass is 307 g/mol. The Hall–Kier alpha value is -1.65. The van der Waals surface area contributed by atoms with Crippen LogP contribution in [-0.4, -0.2) is 16.8 Å². The number of carbonyl (C=O) groups excluding carboxylic acids is 1. The summed E-state index contributed by atoms with van der Waals surface area (Å²) in [5.41, 5.74) is 0.893. The number of carbonyl (C=O) groups is 1. The number of aromatic hydroxyl groups is 1. The lowest BCUT2D eigenvalue weighted by atomic mass is 10.2. The van der Waals surface area contributed by atoms with Crippen LogP contribution >= 0.6 is 23.4 Å². The lowest BCUT2D eigenvalue weighted by Gasteiger charge is -2.07. The summed E-state index contributed by atoms with van der Waals surface area (Å²) < 4.78 is 0. The van der Waals surface area contributed by atoms with Crippen molar-refractivity contribution in [2.75, 3.05) is 5.75 Å². The number of hydrogen-bond donors (Lipinski definition) is 2. The smallest absolute Gasteiger partial charge is 0.230 e. The Bertz CT molecular complexity index is 604. The van der Waals surface area contributed by atoms with Gasteiger partial charge in [0.25, 0.3) is 0 Å². The third kappa shape index (κ3) is 4.47. The molecule has 3 nitrogen and oxygen atoms in total. The maximum atomic E-state index is 11.7. The Balaban J connectivity index is 1.80. The van der Waals surface area contributed by atoms with Crippen LogP contribution in [0.25, 0.3) is 0 Å². The molecule has 0 atom stereocenters. The molecule has 0 radical (unpaired) electrons. The fourth-order valence-electron chi connectivity index (χ4n) is 1.61. The molecule has 0 unspecified atom stereocenters. The number of nitrogens with one attached hydrogen (secondary N) is 1. The molecule has 0 aliphatic rings. The summed E-state index contributed by atoms with van der Waals surface area (Å²) >= 11 is 7.39. The quantitative estimate of drug-likeness (QED) is 0.832. The second kappa shape index (κ2) is 7.22. The summed E-state index contributed by atoms with van der Waals surface area (Å²) in [5, 5.41) is 12.8. The maximum absolute atomic E-state index is 11.7. The lowest BCUT2D eigenvalue weighted by molar-refractivity contribution is -0.118. The molecule has 0 spiro atoms. The Kier molecular flexibility index (Phi) is 5.32. The predicted molar refractivity (Wildman–Crippen MR) is 82.1 cm³/mol. The zero-order valence-corrected chi connectivity index (χ0v) is 12.2. The topological polar surface area (TPSA) is 49.3 Å². The number of benzene rings is 2. The number of phenolic OH excluding ortho intramolecular Hbond substituents is 1. The van der Waals surface area contributed by atoms with Gasteiger partial charge in [-0.3, -0.25) is 4.79 Å². The van der Waals surface area contributed by atoms with Gasteiger partial charge in [0.1, 0.15) is 5.75 Å². The van der Waals surface area contributed by atoms with E-state index in [1.807, 2.05) is 24.3 Å². The summed E-state index contributed by atoms with van der Waals surface area (Å²) in [6.45, 7) is 0.416. The normalized spacial score (nSPS) is 10.2.